The normalized spacial score (nSPS) is 15.7. The number of hydrogen-bond acceptors (Lipinski definition) is 7. The number of phosphoric ester groups is 1. The van der Waals surface area contributed by atoms with E-state index >= 15 is 0 Å². The highest BCUT2D eigenvalue weighted by molar-refractivity contribution is 7.46. The molecule has 13 heteroatoms. The molecule has 11 nitrogen and oxygen atoms in total. The summed E-state index contributed by atoms with van der Waals surface area (Å²) in [4.78, 5) is 40.6. The first-order valence-corrected chi connectivity index (χ1v) is 23.0. The van der Waals surface area contributed by atoms with Crippen LogP contribution in [0.3, 0.4) is 0 Å². The van der Waals surface area contributed by atoms with Gasteiger partial charge in [0, 0.05) is 41.2 Å². The van der Waals surface area contributed by atoms with Gasteiger partial charge < -0.3 is 29.6 Å². The van der Waals surface area contributed by atoms with E-state index in [2.05, 4.69) is 73.7 Å². The van der Waals surface area contributed by atoms with E-state index in [4.69, 9.17) is 24.2 Å². The first kappa shape index (κ1) is 46.3. The minimum atomic E-state index is -4.67. The molecule has 56 heavy (non-hydrogen) atoms. The van der Waals surface area contributed by atoms with E-state index in [-0.39, 0.29) is 25.5 Å². The van der Waals surface area contributed by atoms with Gasteiger partial charge in [0.25, 0.3) is 0 Å². The summed E-state index contributed by atoms with van der Waals surface area (Å²) in [5.41, 5.74) is 6.03. The minimum Gasteiger partial charge on any atom is -0.413 e. The fourth-order valence-corrected chi connectivity index (χ4v) is 6.58. The van der Waals surface area contributed by atoms with E-state index in [1.54, 1.807) is 5.06 Å². The summed E-state index contributed by atoms with van der Waals surface area (Å²) in [5, 5.41) is 13.7. The van der Waals surface area contributed by atoms with Gasteiger partial charge in [-0.25, -0.2) is 4.57 Å². The number of aromatic nitrogens is 1. The highest BCUT2D eigenvalue weighted by Gasteiger charge is 2.39. The van der Waals surface area contributed by atoms with Crippen molar-refractivity contribution >= 4 is 33.0 Å². The number of para-hydroxylation sites is 1. The molecule has 2 atom stereocenters. The number of amides is 1. The molecular formula is C43H58N3O8PSi. The Hall–Kier alpha value is -4.12. The van der Waals surface area contributed by atoms with Gasteiger partial charge in [0.2, 0.25) is 5.91 Å². The van der Waals surface area contributed by atoms with Gasteiger partial charge in [-0.3, -0.25) is 14.2 Å². The first-order valence-electron chi connectivity index (χ1n) is 18.6. The van der Waals surface area contributed by atoms with E-state index in [0.717, 1.165) is 33.2 Å². The molecule has 2 unspecified atom stereocenters. The molecule has 1 saturated heterocycles. The molecule has 5 N–H and O–H groups in total. The number of nitrogens with one attached hydrogen (secondary N) is 2. The highest BCUT2D eigenvalue weighted by atomic mass is 31.2. The zero-order valence-electron chi connectivity index (χ0n) is 33.5. The summed E-state index contributed by atoms with van der Waals surface area (Å²) in [6, 6.07) is 23.0. The average molecular weight is 804 g/mol. The molecule has 3 aromatic carbocycles. The van der Waals surface area contributed by atoms with Crippen LogP contribution in [0.1, 0.15) is 55.0 Å². The third-order valence-electron chi connectivity index (χ3n) is 9.41. The summed E-state index contributed by atoms with van der Waals surface area (Å²) in [6.45, 7) is 21.3. The van der Waals surface area contributed by atoms with Crippen LogP contribution in [0, 0.1) is 18.8 Å². The Morgan fingerprint density at radius 2 is 1.64 bits per heavy atom. The number of H-pyrrole nitrogens is 1. The van der Waals surface area contributed by atoms with Crippen LogP contribution >= 0.6 is 7.82 Å². The average Bonchev–Trinajstić information content (AvgIpc) is 3.77. The van der Waals surface area contributed by atoms with Crippen molar-refractivity contribution in [2.75, 3.05) is 26.4 Å². The van der Waals surface area contributed by atoms with Crippen LogP contribution in [0.4, 0.5) is 0 Å². The first-order chi connectivity index (χ1) is 26.5. The molecule has 2 heterocycles. The van der Waals surface area contributed by atoms with Crippen LogP contribution < -0.4 is 5.32 Å². The number of hydroxylamine groups is 2. The molecule has 1 fully saturated rings. The Morgan fingerprint density at radius 3 is 2.21 bits per heavy atom. The van der Waals surface area contributed by atoms with Crippen LogP contribution in [0.2, 0.25) is 18.1 Å². The predicted molar refractivity (Wildman–Crippen MR) is 226 cm³/mol. The minimum absolute atomic E-state index is 0.0833. The van der Waals surface area contributed by atoms with E-state index < -0.39 is 28.3 Å². The number of carbonyl (C=O) groups is 1. The van der Waals surface area contributed by atoms with Gasteiger partial charge in [0.15, 0.2) is 8.32 Å². The van der Waals surface area contributed by atoms with Gasteiger partial charge in [0.05, 0.1) is 26.4 Å². The largest absolute Gasteiger partial charge is 0.469 e. The van der Waals surface area contributed by atoms with E-state index in [1.807, 2.05) is 92.0 Å². The molecule has 4 aromatic rings. The molecule has 5 rings (SSSR count). The van der Waals surface area contributed by atoms with Gasteiger partial charge in [0.1, 0.15) is 12.1 Å². The van der Waals surface area contributed by atoms with Crippen LogP contribution in [-0.4, -0.2) is 77.7 Å². The molecule has 1 aliphatic rings. The number of hydrogen-bond donors (Lipinski definition) is 5. The summed E-state index contributed by atoms with van der Waals surface area (Å²) in [6.07, 6.45) is 5.41. The van der Waals surface area contributed by atoms with Crippen LogP contribution in [0.25, 0.3) is 10.9 Å². The third kappa shape index (κ3) is 15.4. The standard InChI is InChI=1S/C31H32N3O6P.C9H20OSi.C3H6O/c1-22-6-8-23(9-7-22)10-11-24-12-14-25(15-13-24)20-34-30(18-27(40-34)21-39-41(36,37)38)31(35)32-17-16-26-19-33-29-5-3-2-4-28(26)29;1-7-8-10-11(5,6)9(2,3)4;1-2-3-4/h2-9,12-15,19,27,30,33H,16-18,20-21H2,1H3,(H,32,35)(H2,36,37,38);7H,1,8H2,2-6H3;2,4H,1,3H2. The summed E-state index contributed by atoms with van der Waals surface area (Å²) < 4.78 is 21.6. The number of aromatic amines is 1. The predicted octanol–water partition coefficient (Wildman–Crippen LogP) is 7.58. The van der Waals surface area contributed by atoms with Crippen molar-refractivity contribution in [3.05, 3.63) is 132 Å². The summed E-state index contributed by atoms with van der Waals surface area (Å²) in [5.74, 6) is 6.10. The van der Waals surface area contributed by atoms with Crippen molar-refractivity contribution < 1.29 is 38.0 Å². The molecule has 0 spiro atoms. The molecule has 1 amide bonds. The molecule has 1 aliphatic heterocycles. The highest BCUT2D eigenvalue weighted by Crippen LogP contribution is 2.38. The van der Waals surface area contributed by atoms with Crippen molar-refractivity contribution in [1.29, 1.82) is 0 Å². The number of benzene rings is 3. The van der Waals surface area contributed by atoms with Crippen LogP contribution in [0.5, 0.6) is 0 Å². The molecule has 1 aromatic heterocycles. The summed E-state index contributed by atoms with van der Waals surface area (Å²) in [7, 11) is -6.16. The molecular weight excluding hydrogens is 746 g/mol. The van der Waals surface area contributed by atoms with E-state index in [0.29, 0.717) is 31.2 Å². The zero-order chi connectivity index (χ0) is 41.4. The Morgan fingerprint density at radius 1 is 1.04 bits per heavy atom. The smallest absolute Gasteiger partial charge is 0.413 e. The number of fused-ring (bicyclic) bond motifs is 1. The second kappa shape index (κ2) is 22.0. The second-order valence-corrected chi connectivity index (χ2v) is 20.9. The van der Waals surface area contributed by atoms with Gasteiger partial charge in [-0.1, -0.05) is 92.8 Å². The molecule has 0 saturated carbocycles. The number of nitrogens with zero attached hydrogens (tertiary/aromatic N) is 1. The van der Waals surface area contributed by atoms with Crippen molar-refractivity contribution in [1.82, 2.24) is 15.4 Å². The molecule has 0 radical (unpaired) electrons. The van der Waals surface area contributed by atoms with Crippen molar-refractivity contribution in [2.45, 2.75) is 77.4 Å². The van der Waals surface area contributed by atoms with Crippen LogP contribution in [-0.2, 0) is 36.1 Å². The summed E-state index contributed by atoms with van der Waals surface area (Å²) >= 11 is 0. The Balaban J connectivity index is 0.000000476. The Kier molecular flexibility index (Phi) is 18.2. The number of aliphatic hydroxyl groups is 1. The van der Waals surface area contributed by atoms with Crippen molar-refractivity contribution in [3.8, 4) is 11.8 Å². The number of aliphatic hydroxyl groups excluding tert-OH is 1. The third-order valence-corrected chi connectivity index (χ3v) is 14.4. The van der Waals surface area contributed by atoms with Gasteiger partial charge in [-0.2, -0.15) is 5.06 Å². The van der Waals surface area contributed by atoms with Crippen LogP contribution in [0.15, 0.2) is 104 Å². The number of rotatable bonds is 13. The van der Waals surface area contributed by atoms with Gasteiger partial charge in [-0.15, -0.1) is 13.2 Å². The van der Waals surface area contributed by atoms with E-state index in [1.165, 1.54) is 11.6 Å². The van der Waals surface area contributed by atoms with Gasteiger partial charge in [-0.05, 0) is 72.9 Å². The van der Waals surface area contributed by atoms with Crippen molar-refractivity contribution in [3.63, 3.8) is 0 Å². The number of carbonyl (C=O) groups excluding carboxylic acids is 1. The SMILES string of the molecule is C=CCO.C=CCO[Si](C)(C)C(C)(C)C.Cc1ccc(C#Cc2ccc(CN3OC(COP(=O)(O)O)CC3C(=O)NCCc3c[nH]c4ccccc34)cc2)cc1. The fraction of sp³-hybridized carbons (Fsp3) is 0.372. The van der Waals surface area contributed by atoms with Gasteiger partial charge >= 0.3 is 7.82 Å². The molecule has 0 aliphatic carbocycles. The quantitative estimate of drug-likeness (QED) is 0.0399. The number of phosphoric acid groups is 1. The molecule has 0 bridgehead atoms. The lowest BCUT2D eigenvalue weighted by molar-refractivity contribution is -0.180. The lowest BCUT2D eigenvalue weighted by atomic mass is 10.1. The molecule has 302 valence electrons. The van der Waals surface area contributed by atoms with E-state index in [9.17, 15) is 9.36 Å². The maximum absolute atomic E-state index is 13.2. The maximum Gasteiger partial charge on any atom is 0.469 e. The van der Waals surface area contributed by atoms with Crippen molar-refractivity contribution in [2.24, 2.45) is 0 Å². The number of aryl methyl sites for hydroxylation is 1. The fourth-order valence-electron chi connectivity index (χ4n) is 5.25. The monoisotopic (exact) mass is 803 g/mol. The second-order valence-electron chi connectivity index (χ2n) is 14.9. The lowest BCUT2D eigenvalue weighted by Gasteiger charge is -2.35. The zero-order valence-corrected chi connectivity index (χ0v) is 35.4. The Bertz CT molecular complexity index is 1960. The topological polar surface area (TPSA) is 154 Å². The maximum atomic E-state index is 13.2. The Labute approximate surface area is 333 Å². The lowest BCUT2D eigenvalue weighted by Crippen LogP contribution is -2.43.